The Labute approximate surface area is 202 Å². The highest BCUT2D eigenvalue weighted by atomic mass is 127. The van der Waals surface area contributed by atoms with Gasteiger partial charge in [-0.25, -0.2) is 9.98 Å². The Morgan fingerprint density at radius 3 is 2.81 bits per heavy atom. The minimum absolute atomic E-state index is 0. The molecule has 1 saturated heterocycles. The van der Waals surface area contributed by atoms with E-state index in [4.69, 9.17) is 9.73 Å². The molecule has 2 N–H and O–H groups in total. The molecule has 1 atom stereocenters. The fourth-order valence-electron chi connectivity index (χ4n) is 4.31. The number of rotatable bonds is 8. The number of ether oxygens (including phenoxy) is 1. The lowest BCUT2D eigenvalue weighted by Crippen LogP contribution is -2.45. The Kier molecular flexibility index (Phi) is 9.22. The minimum Gasteiger partial charge on any atom is -0.477 e. The van der Waals surface area contributed by atoms with Gasteiger partial charge in [0.25, 0.3) is 0 Å². The fraction of sp³-hybridized carbons (Fsp3) is 0.696. The molecule has 2 heterocycles. The van der Waals surface area contributed by atoms with Crippen LogP contribution in [0.5, 0.6) is 5.88 Å². The molecule has 172 valence electrons. The summed E-state index contributed by atoms with van der Waals surface area (Å²) in [5.41, 5.74) is 1.08. The molecule has 0 bridgehead atoms. The van der Waals surface area contributed by atoms with Crippen LogP contribution in [0.25, 0.3) is 0 Å². The zero-order chi connectivity index (χ0) is 20.8. The van der Waals surface area contributed by atoms with E-state index in [1.807, 2.05) is 17.0 Å². The van der Waals surface area contributed by atoms with Crippen LogP contribution in [0.15, 0.2) is 23.3 Å². The molecule has 0 radical (unpaired) electrons. The summed E-state index contributed by atoms with van der Waals surface area (Å²) in [7, 11) is 0. The smallest absolute Gasteiger partial charge is 0.225 e. The Bertz CT molecular complexity index is 749. The number of nitrogens with one attached hydrogen (secondary N) is 2. The zero-order valence-corrected chi connectivity index (χ0v) is 20.8. The highest BCUT2D eigenvalue weighted by Gasteiger charge is 2.32. The number of carbonyl (C=O) groups excluding carboxylic acids is 1. The van der Waals surface area contributed by atoms with Gasteiger partial charge in [0, 0.05) is 43.9 Å². The maximum absolute atomic E-state index is 12.7. The van der Waals surface area contributed by atoms with Crippen molar-refractivity contribution in [3.8, 4) is 5.88 Å². The lowest BCUT2D eigenvalue weighted by Gasteiger charge is -2.21. The third-order valence-corrected chi connectivity index (χ3v) is 6.27. The van der Waals surface area contributed by atoms with Gasteiger partial charge in [-0.1, -0.05) is 12.8 Å². The number of pyridine rings is 1. The standard InChI is InChI=1S/C23H35N5O2.HI/c1-2-24-23(26-14-18-9-11-25-21(13-18)30-16-17-7-8-17)27-20-10-12-28(15-20)22(29)19-5-3-4-6-19;/h9,11,13,17,19-20H,2-8,10,12,14-16H2,1H3,(H2,24,26,27);1H. The molecule has 1 aromatic heterocycles. The summed E-state index contributed by atoms with van der Waals surface area (Å²) in [4.78, 5) is 23.8. The summed E-state index contributed by atoms with van der Waals surface area (Å²) < 4.78 is 5.78. The van der Waals surface area contributed by atoms with Crippen molar-refractivity contribution in [3.05, 3.63) is 23.9 Å². The maximum Gasteiger partial charge on any atom is 0.225 e. The van der Waals surface area contributed by atoms with Crippen molar-refractivity contribution < 1.29 is 9.53 Å². The van der Waals surface area contributed by atoms with E-state index in [1.54, 1.807) is 6.20 Å². The lowest BCUT2D eigenvalue weighted by molar-refractivity contribution is -0.134. The molecule has 3 fully saturated rings. The second-order valence-electron chi connectivity index (χ2n) is 8.85. The largest absolute Gasteiger partial charge is 0.477 e. The third-order valence-electron chi connectivity index (χ3n) is 6.27. The van der Waals surface area contributed by atoms with E-state index in [0.717, 1.165) is 57.0 Å². The van der Waals surface area contributed by atoms with E-state index >= 15 is 0 Å². The van der Waals surface area contributed by atoms with Crippen molar-refractivity contribution in [1.82, 2.24) is 20.5 Å². The summed E-state index contributed by atoms with van der Waals surface area (Å²) in [6.07, 6.45) is 9.83. The van der Waals surface area contributed by atoms with Crippen LogP contribution in [0.3, 0.4) is 0 Å². The van der Waals surface area contributed by atoms with Crippen LogP contribution in [0.2, 0.25) is 0 Å². The molecular formula is C23H36IN5O2. The van der Waals surface area contributed by atoms with E-state index < -0.39 is 0 Å². The minimum atomic E-state index is 0. The highest BCUT2D eigenvalue weighted by Crippen LogP contribution is 2.29. The average Bonchev–Trinajstić information content (AvgIpc) is 3.22. The van der Waals surface area contributed by atoms with Crippen molar-refractivity contribution in [2.45, 2.75) is 64.5 Å². The molecule has 31 heavy (non-hydrogen) atoms. The molecule has 1 aromatic rings. The SMILES string of the molecule is CCNC(=NCc1ccnc(OCC2CC2)c1)NC1CCN(C(=O)C2CCCC2)C1.I. The van der Waals surface area contributed by atoms with Gasteiger partial charge in [0.05, 0.1) is 13.2 Å². The molecule has 8 heteroatoms. The predicted molar refractivity (Wildman–Crippen MR) is 133 cm³/mol. The summed E-state index contributed by atoms with van der Waals surface area (Å²) in [6, 6.07) is 4.21. The summed E-state index contributed by atoms with van der Waals surface area (Å²) in [5, 5.41) is 6.85. The first-order valence-electron chi connectivity index (χ1n) is 11.6. The monoisotopic (exact) mass is 541 g/mol. The molecule has 3 aliphatic rings. The first kappa shape index (κ1) is 24.1. The molecule has 1 unspecified atom stereocenters. The van der Waals surface area contributed by atoms with Crippen molar-refractivity contribution in [1.29, 1.82) is 0 Å². The number of hydrogen-bond donors (Lipinski definition) is 2. The van der Waals surface area contributed by atoms with Gasteiger partial charge in [0.2, 0.25) is 11.8 Å². The summed E-state index contributed by atoms with van der Waals surface area (Å²) in [5.74, 6) is 2.81. The number of likely N-dealkylation sites (tertiary alicyclic amines) is 1. The summed E-state index contributed by atoms with van der Waals surface area (Å²) in [6.45, 7) is 5.82. The van der Waals surface area contributed by atoms with E-state index in [-0.39, 0.29) is 35.9 Å². The molecule has 0 aromatic carbocycles. The van der Waals surface area contributed by atoms with Crippen LogP contribution >= 0.6 is 24.0 Å². The fourth-order valence-corrected chi connectivity index (χ4v) is 4.31. The number of carbonyl (C=O) groups is 1. The number of hydrogen-bond acceptors (Lipinski definition) is 4. The van der Waals surface area contributed by atoms with Gasteiger partial charge < -0.3 is 20.3 Å². The number of halogens is 1. The topological polar surface area (TPSA) is 78.9 Å². The van der Waals surface area contributed by atoms with Crippen LogP contribution in [0, 0.1) is 11.8 Å². The zero-order valence-electron chi connectivity index (χ0n) is 18.5. The normalized spacial score (nSPS) is 21.6. The Morgan fingerprint density at radius 2 is 2.06 bits per heavy atom. The predicted octanol–water partition coefficient (Wildman–Crippen LogP) is 3.33. The third kappa shape index (κ3) is 7.22. The maximum atomic E-state index is 12.7. The van der Waals surface area contributed by atoms with Crippen LogP contribution in [0.1, 0.15) is 57.4 Å². The van der Waals surface area contributed by atoms with Gasteiger partial charge in [-0.15, -0.1) is 24.0 Å². The number of nitrogens with zero attached hydrogens (tertiary/aromatic N) is 3. The van der Waals surface area contributed by atoms with Crippen LogP contribution in [0.4, 0.5) is 0 Å². The van der Waals surface area contributed by atoms with Crippen molar-refractivity contribution in [2.75, 3.05) is 26.2 Å². The first-order chi connectivity index (χ1) is 14.7. The van der Waals surface area contributed by atoms with Gasteiger partial charge in [-0.2, -0.15) is 0 Å². The van der Waals surface area contributed by atoms with Crippen LogP contribution in [-0.2, 0) is 11.3 Å². The molecular weight excluding hydrogens is 505 g/mol. The number of aliphatic imine (C=N–C) groups is 1. The lowest BCUT2D eigenvalue weighted by atomic mass is 10.1. The molecule has 1 amide bonds. The molecule has 2 saturated carbocycles. The Hall–Kier alpha value is -1.58. The van der Waals surface area contributed by atoms with Crippen LogP contribution < -0.4 is 15.4 Å². The van der Waals surface area contributed by atoms with Gasteiger partial charge in [-0.05, 0) is 56.6 Å². The van der Waals surface area contributed by atoms with E-state index in [1.165, 1.54) is 25.7 Å². The number of amides is 1. The quantitative estimate of drug-likeness (QED) is 0.300. The van der Waals surface area contributed by atoms with Crippen molar-refractivity contribution in [2.24, 2.45) is 16.8 Å². The summed E-state index contributed by atoms with van der Waals surface area (Å²) >= 11 is 0. The molecule has 7 nitrogen and oxygen atoms in total. The second-order valence-corrected chi connectivity index (χ2v) is 8.85. The van der Waals surface area contributed by atoms with Gasteiger partial charge in [-0.3, -0.25) is 4.79 Å². The van der Waals surface area contributed by atoms with Gasteiger partial charge in [0.15, 0.2) is 5.96 Å². The van der Waals surface area contributed by atoms with Crippen molar-refractivity contribution >= 4 is 35.8 Å². The number of guanidine groups is 1. The average molecular weight is 541 g/mol. The van der Waals surface area contributed by atoms with E-state index in [2.05, 4.69) is 22.5 Å². The Balaban J connectivity index is 0.00000272. The molecule has 1 aliphatic heterocycles. The molecule has 2 aliphatic carbocycles. The van der Waals surface area contributed by atoms with E-state index in [9.17, 15) is 4.79 Å². The van der Waals surface area contributed by atoms with Gasteiger partial charge >= 0.3 is 0 Å². The first-order valence-corrected chi connectivity index (χ1v) is 11.6. The second kappa shape index (κ2) is 11.9. The number of aromatic nitrogens is 1. The molecule has 0 spiro atoms. The van der Waals surface area contributed by atoms with Crippen molar-refractivity contribution in [3.63, 3.8) is 0 Å². The molecule has 4 rings (SSSR count). The van der Waals surface area contributed by atoms with Gasteiger partial charge in [0.1, 0.15) is 0 Å². The highest BCUT2D eigenvalue weighted by molar-refractivity contribution is 14.0. The van der Waals surface area contributed by atoms with Crippen LogP contribution in [-0.4, -0.2) is 54.0 Å². The Morgan fingerprint density at radius 1 is 1.26 bits per heavy atom. The van der Waals surface area contributed by atoms with E-state index in [0.29, 0.717) is 24.2 Å².